The highest BCUT2D eigenvalue weighted by Gasteiger charge is 2.18. The van der Waals surface area contributed by atoms with Gasteiger partial charge in [0.05, 0.1) is 5.56 Å². The molecule has 3 heteroatoms. The summed E-state index contributed by atoms with van der Waals surface area (Å²) < 4.78 is 0. The van der Waals surface area contributed by atoms with Crippen LogP contribution in [0.2, 0.25) is 0 Å². The number of hydrogen-bond donors (Lipinski definition) is 0. The molecule has 0 aliphatic heterocycles. The van der Waals surface area contributed by atoms with Crippen LogP contribution in [-0.2, 0) is 9.78 Å². The minimum Gasteiger partial charge on any atom is -0.293 e. The molecule has 0 atom stereocenters. The van der Waals surface area contributed by atoms with Crippen LogP contribution in [0.15, 0.2) is 54.6 Å². The maximum Gasteiger partial charge on any atom is 0.373 e. The summed E-state index contributed by atoms with van der Waals surface area (Å²) in [6.45, 7) is 0. The van der Waals surface area contributed by atoms with Gasteiger partial charge in [0.25, 0.3) is 0 Å². The Balaban J connectivity index is 1.65. The highest BCUT2D eigenvalue weighted by atomic mass is 17.2. The number of hydrogen-bond acceptors (Lipinski definition) is 3. The average Bonchev–Trinajstić information content (AvgIpc) is 2.61. The molecule has 0 heterocycles. The minimum atomic E-state index is -0.427. The molecule has 1 fully saturated rings. The zero-order chi connectivity index (χ0) is 15.2. The van der Waals surface area contributed by atoms with Crippen molar-refractivity contribution in [3.63, 3.8) is 0 Å². The quantitative estimate of drug-likeness (QED) is 0.602. The molecule has 1 saturated carbocycles. The molecule has 0 amide bonds. The van der Waals surface area contributed by atoms with Crippen LogP contribution >= 0.6 is 0 Å². The summed E-state index contributed by atoms with van der Waals surface area (Å²) in [6.07, 6.45) is 5.52. The fraction of sp³-hybridized carbons (Fsp3) is 0.316. The molecule has 0 unspecified atom stereocenters. The van der Waals surface area contributed by atoms with Gasteiger partial charge in [-0.2, -0.15) is 4.89 Å². The van der Waals surface area contributed by atoms with Crippen LogP contribution < -0.4 is 0 Å². The second-order valence-electron chi connectivity index (χ2n) is 5.67. The standard InChI is InChI=1S/C19H20O3/c20-19(22-21-18-12-5-2-6-13-18)17-11-7-10-16(14-17)15-8-3-1-4-9-15/h1,3-4,7-11,14,18H,2,5-6,12-13H2. The zero-order valence-electron chi connectivity index (χ0n) is 12.5. The summed E-state index contributed by atoms with van der Waals surface area (Å²) >= 11 is 0. The summed E-state index contributed by atoms with van der Waals surface area (Å²) in [5.41, 5.74) is 2.58. The molecular formula is C19H20O3. The fourth-order valence-electron chi connectivity index (χ4n) is 2.78. The van der Waals surface area contributed by atoms with Crippen molar-refractivity contribution in [3.8, 4) is 11.1 Å². The molecule has 2 aromatic carbocycles. The molecule has 0 bridgehead atoms. The molecule has 0 aromatic heterocycles. The Kier molecular flexibility index (Phi) is 4.86. The summed E-state index contributed by atoms with van der Waals surface area (Å²) in [5, 5.41) is 0. The molecule has 0 saturated heterocycles. The molecule has 0 radical (unpaired) electrons. The van der Waals surface area contributed by atoms with Crippen molar-refractivity contribution in [2.24, 2.45) is 0 Å². The van der Waals surface area contributed by atoms with E-state index in [1.165, 1.54) is 6.42 Å². The predicted molar refractivity (Wildman–Crippen MR) is 85.3 cm³/mol. The van der Waals surface area contributed by atoms with Crippen molar-refractivity contribution in [2.45, 2.75) is 38.2 Å². The Bertz CT molecular complexity index is 616. The van der Waals surface area contributed by atoms with E-state index in [9.17, 15) is 4.79 Å². The van der Waals surface area contributed by atoms with Gasteiger partial charge in [0.15, 0.2) is 0 Å². The maximum atomic E-state index is 12.1. The van der Waals surface area contributed by atoms with E-state index in [1.807, 2.05) is 48.5 Å². The van der Waals surface area contributed by atoms with E-state index < -0.39 is 5.97 Å². The van der Waals surface area contributed by atoms with Crippen molar-refractivity contribution >= 4 is 5.97 Å². The van der Waals surface area contributed by atoms with E-state index in [0.717, 1.165) is 36.8 Å². The molecule has 1 aliphatic rings. The second-order valence-corrected chi connectivity index (χ2v) is 5.67. The average molecular weight is 296 g/mol. The molecule has 3 rings (SSSR count). The summed E-state index contributed by atoms with van der Waals surface area (Å²) in [6, 6.07) is 17.4. The molecule has 0 N–H and O–H groups in total. The number of carbonyl (C=O) groups is 1. The lowest BCUT2D eigenvalue weighted by atomic mass is 9.98. The van der Waals surface area contributed by atoms with Gasteiger partial charge in [0.1, 0.15) is 6.10 Å². The minimum absolute atomic E-state index is 0.0509. The first kappa shape index (κ1) is 14.8. The van der Waals surface area contributed by atoms with Gasteiger partial charge >= 0.3 is 5.97 Å². The molecule has 2 aromatic rings. The molecule has 22 heavy (non-hydrogen) atoms. The third-order valence-corrected chi connectivity index (χ3v) is 4.02. The summed E-state index contributed by atoms with van der Waals surface area (Å²) in [5.74, 6) is -0.427. The van der Waals surface area contributed by atoms with Crippen molar-refractivity contribution in [1.82, 2.24) is 0 Å². The van der Waals surface area contributed by atoms with Crippen LogP contribution in [0.5, 0.6) is 0 Å². The first-order valence-corrected chi connectivity index (χ1v) is 7.86. The molecule has 1 aliphatic carbocycles. The smallest absolute Gasteiger partial charge is 0.293 e. The van der Waals surface area contributed by atoms with E-state index in [0.29, 0.717) is 5.56 Å². The van der Waals surface area contributed by atoms with Gasteiger partial charge in [0, 0.05) is 0 Å². The Labute approximate surface area is 130 Å². The largest absolute Gasteiger partial charge is 0.373 e. The van der Waals surface area contributed by atoms with Crippen molar-refractivity contribution in [1.29, 1.82) is 0 Å². The van der Waals surface area contributed by atoms with Crippen molar-refractivity contribution in [2.75, 3.05) is 0 Å². The number of rotatable bonds is 4. The lowest BCUT2D eigenvalue weighted by Gasteiger charge is -2.19. The number of carbonyl (C=O) groups excluding carboxylic acids is 1. The zero-order valence-corrected chi connectivity index (χ0v) is 12.5. The number of benzene rings is 2. The van der Waals surface area contributed by atoms with Gasteiger partial charge in [-0.3, -0.25) is 4.89 Å². The molecular weight excluding hydrogens is 276 g/mol. The monoisotopic (exact) mass is 296 g/mol. The van der Waals surface area contributed by atoms with Crippen LogP contribution in [0.1, 0.15) is 42.5 Å². The van der Waals surface area contributed by atoms with Gasteiger partial charge in [-0.05, 0) is 36.1 Å². The van der Waals surface area contributed by atoms with Gasteiger partial charge in [-0.1, -0.05) is 61.7 Å². The first-order valence-electron chi connectivity index (χ1n) is 7.86. The SMILES string of the molecule is O=C(OOC1CCCCC1)c1cccc(-c2ccccc2)c1. The van der Waals surface area contributed by atoms with Crippen LogP contribution in [0.25, 0.3) is 11.1 Å². The first-order chi connectivity index (χ1) is 10.8. The molecule has 114 valence electrons. The third kappa shape index (κ3) is 3.74. The Morgan fingerprint density at radius 3 is 2.36 bits per heavy atom. The normalized spacial score (nSPS) is 15.5. The van der Waals surface area contributed by atoms with E-state index in [4.69, 9.17) is 9.78 Å². The Morgan fingerprint density at radius 1 is 0.864 bits per heavy atom. The third-order valence-electron chi connectivity index (χ3n) is 4.02. The molecule has 0 spiro atoms. The van der Waals surface area contributed by atoms with Gasteiger partial charge in [-0.15, -0.1) is 0 Å². The summed E-state index contributed by atoms with van der Waals surface area (Å²) in [4.78, 5) is 22.4. The second kappa shape index (κ2) is 7.23. The molecule has 3 nitrogen and oxygen atoms in total. The van der Waals surface area contributed by atoms with Crippen molar-refractivity contribution < 1.29 is 14.6 Å². The topological polar surface area (TPSA) is 35.5 Å². The highest BCUT2D eigenvalue weighted by molar-refractivity contribution is 5.90. The van der Waals surface area contributed by atoms with Crippen LogP contribution in [0.3, 0.4) is 0 Å². The Morgan fingerprint density at radius 2 is 1.59 bits per heavy atom. The van der Waals surface area contributed by atoms with E-state index in [2.05, 4.69) is 0 Å². The maximum absolute atomic E-state index is 12.1. The predicted octanol–water partition coefficient (Wildman–Crippen LogP) is 4.77. The lowest BCUT2D eigenvalue weighted by Crippen LogP contribution is -2.19. The van der Waals surface area contributed by atoms with Crippen LogP contribution in [0.4, 0.5) is 0 Å². The van der Waals surface area contributed by atoms with Gasteiger partial charge < -0.3 is 0 Å². The highest BCUT2D eigenvalue weighted by Crippen LogP contribution is 2.22. The lowest BCUT2D eigenvalue weighted by molar-refractivity contribution is -0.279. The van der Waals surface area contributed by atoms with Crippen LogP contribution in [0, 0.1) is 0 Å². The van der Waals surface area contributed by atoms with E-state index >= 15 is 0 Å². The van der Waals surface area contributed by atoms with E-state index in [1.54, 1.807) is 6.07 Å². The van der Waals surface area contributed by atoms with Crippen LogP contribution in [-0.4, -0.2) is 12.1 Å². The van der Waals surface area contributed by atoms with Gasteiger partial charge in [0.2, 0.25) is 0 Å². The fourth-order valence-corrected chi connectivity index (χ4v) is 2.78. The van der Waals surface area contributed by atoms with Gasteiger partial charge in [-0.25, -0.2) is 4.79 Å². The van der Waals surface area contributed by atoms with Crippen molar-refractivity contribution in [3.05, 3.63) is 60.2 Å². The Hall–Kier alpha value is -2.13. The van der Waals surface area contributed by atoms with E-state index in [-0.39, 0.29) is 6.10 Å². The summed E-state index contributed by atoms with van der Waals surface area (Å²) in [7, 11) is 0.